The van der Waals surface area contributed by atoms with Crippen molar-refractivity contribution in [1.82, 2.24) is 5.32 Å². The molecule has 0 aromatic rings. The van der Waals surface area contributed by atoms with E-state index >= 15 is 0 Å². The molecule has 0 bridgehead atoms. The Kier molecular flexibility index (Phi) is 8.00. The number of unbranched alkanes of at least 4 members (excludes halogenated alkanes) is 1. The molecule has 0 aliphatic carbocycles. The van der Waals surface area contributed by atoms with E-state index < -0.39 is 21.4 Å². The highest BCUT2D eigenvalue weighted by Gasteiger charge is 2.28. The lowest BCUT2D eigenvalue weighted by molar-refractivity contribution is -0.125. The molecule has 1 amide bonds. The standard InChI is InChI=1S/C12H25NO4S2/c1-5-6-7-18-8-10(2)11(14)13-12(3,4)9-19(15,16)17/h10H,5-9H2,1-4H3,(H,13,14)(H,15,16,17). The van der Waals surface area contributed by atoms with Crippen molar-refractivity contribution < 1.29 is 17.8 Å². The predicted octanol–water partition coefficient (Wildman–Crippen LogP) is 1.94. The average molecular weight is 311 g/mol. The molecular formula is C12H25NO4S2. The Morgan fingerprint density at radius 3 is 2.47 bits per heavy atom. The van der Waals surface area contributed by atoms with Crippen molar-refractivity contribution in [3.63, 3.8) is 0 Å². The van der Waals surface area contributed by atoms with E-state index in [9.17, 15) is 13.2 Å². The summed E-state index contributed by atoms with van der Waals surface area (Å²) in [5.41, 5.74) is -0.965. The number of rotatable bonds is 9. The van der Waals surface area contributed by atoms with Gasteiger partial charge >= 0.3 is 0 Å². The Labute approximate surface area is 120 Å². The Morgan fingerprint density at radius 1 is 1.42 bits per heavy atom. The lowest BCUT2D eigenvalue weighted by Gasteiger charge is -2.26. The molecule has 0 fully saturated rings. The first-order valence-electron chi connectivity index (χ1n) is 6.42. The summed E-state index contributed by atoms with van der Waals surface area (Å²) in [7, 11) is -4.10. The molecule has 0 spiro atoms. The van der Waals surface area contributed by atoms with Gasteiger partial charge in [0.15, 0.2) is 0 Å². The normalized spacial score (nSPS) is 14.2. The summed E-state index contributed by atoms with van der Waals surface area (Å²) in [4.78, 5) is 11.9. The van der Waals surface area contributed by atoms with Crippen LogP contribution in [-0.2, 0) is 14.9 Å². The first-order chi connectivity index (χ1) is 8.57. The number of thioether (sulfide) groups is 1. The first kappa shape index (κ1) is 18.7. The van der Waals surface area contributed by atoms with Gasteiger partial charge in [0.05, 0.1) is 11.3 Å². The maximum absolute atomic E-state index is 11.9. The van der Waals surface area contributed by atoms with Gasteiger partial charge in [0.2, 0.25) is 5.91 Å². The average Bonchev–Trinajstić information content (AvgIpc) is 2.19. The van der Waals surface area contributed by atoms with Crippen LogP contribution in [0.4, 0.5) is 0 Å². The van der Waals surface area contributed by atoms with Gasteiger partial charge in [-0.15, -0.1) is 0 Å². The minimum atomic E-state index is -4.10. The molecule has 0 aromatic carbocycles. The zero-order valence-corrected chi connectivity index (χ0v) is 13.7. The summed E-state index contributed by atoms with van der Waals surface area (Å²) in [5, 5.41) is 2.66. The van der Waals surface area contributed by atoms with Gasteiger partial charge < -0.3 is 5.32 Å². The topological polar surface area (TPSA) is 83.5 Å². The second kappa shape index (κ2) is 8.11. The van der Waals surface area contributed by atoms with Crippen molar-refractivity contribution in [2.45, 2.75) is 46.1 Å². The highest BCUT2D eigenvalue weighted by Crippen LogP contribution is 2.13. The quantitative estimate of drug-likeness (QED) is 0.502. The van der Waals surface area contributed by atoms with E-state index in [2.05, 4.69) is 12.2 Å². The molecule has 114 valence electrons. The minimum Gasteiger partial charge on any atom is -0.350 e. The van der Waals surface area contributed by atoms with Crippen LogP contribution in [0.5, 0.6) is 0 Å². The SMILES string of the molecule is CCCCSCC(C)C(=O)NC(C)(C)CS(=O)(=O)O. The first-order valence-corrected chi connectivity index (χ1v) is 9.18. The van der Waals surface area contributed by atoms with Crippen LogP contribution in [0.3, 0.4) is 0 Å². The summed E-state index contributed by atoms with van der Waals surface area (Å²) >= 11 is 1.72. The van der Waals surface area contributed by atoms with E-state index in [1.54, 1.807) is 25.6 Å². The number of carbonyl (C=O) groups excluding carboxylic acids is 1. The zero-order chi connectivity index (χ0) is 15.1. The van der Waals surface area contributed by atoms with Crippen LogP contribution in [-0.4, -0.2) is 41.7 Å². The summed E-state index contributed by atoms with van der Waals surface area (Å²) < 4.78 is 30.5. The molecule has 1 atom stereocenters. The van der Waals surface area contributed by atoms with Gasteiger partial charge in [-0.25, -0.2) is 0 Å². The van der Waals surface area contributed by atoms with E-state index in [0.717, 1.165) is 18.6 Å². The van der Waals surface area contributed by atoms with E-state index in [1.165, 1.54) is 0 Å². The van der Waals surface area contributed by atoms with E-state index in [1.807, 2.05) is 6.92 Å². The molecule has 19 heavy (non-hydrogen) atoms. The Balaban J connectivity index is 4.20. The van der Waals surface area contributed by atoms with Crippen molar-refractivity contribution in [3.05, 3.63) is 0 Å². The molecule has 0 rings (SSSR count). The fraction of sp³-hybridized carbons (Fsp3) is 0.917. The molecule has 0 aliphatic rings. The maximum Gasteiger partial charge on any atom is 0.267 e. The van der Waals surface area contributed by atoms with Crippen molar-refractivity contribution in [3.8, 4) is 0 Å². The van der Waals surface area contributed by atoms with Gasteiger partial charge in [-0.1, -0.05) is 20.3 Å². The number of hydrogen-bond donors (Lipinski definition) is 2. The van der Waals surface area contributed by atoms with Crippen LogP contribution in [0.2, 0.25) is 0 Å². The second-order valence-electron chi connectivity index (χ2n) is 5.43. The lowest BCUT2D eigenvalue weighted by atomic mass is 10.1. The molecular weight excluding hydrogens is 286 g/mol. The van der Waals surface area contributed by atoms with Crippen LogP contribution in [0.1, 0.15) is 40.5 Å². The molecule has 0 aliphatic heterocycles. The Hall–Kier alpha value is -0.270. The Morgan fingerprint density at radius 2 is 2.00 bits per heavy atom. The third-order valence-electron chi connectivity index (χ3n) is 2.46. The third kappa shape index (κ3) is 10.2. The summed E-state index contributed by atoms with van der Waals surface area (Å²) in [6.45, 7) is 7.09. The molecule has 2 N–H and O–H groups in total. The summed E-state index contributed by atoms with van der Waals surface area (Å²) in [6, 6.07) is 0. The van der Waals surface area contributed by atoms with Crippen LogP contribution < -0.4 is 5.32 Å². The second-order valence-corrected chi connectivity index (χ2v) is 8.03. The Bertz CT molecular complexity index is 379. The fourth-order valence-electron chi connectivity index (χ4n) is 1.53. The monoisotopic (exact) mass is 311 g/mol. The number of hydrogen-bond acceptors (Lipinski definition) is 4. The molecule has 1 unspecified atom stereocenters. The largest absolute Gasteiger partial charge is 0.350 e. The van der Waals surface area contributed by atoms with Gasteiger partial charge in [0.1, 0.15) is 0 Å². The van der Waals surface area contributed by atoms with Gasteiger partial charge in [0.25, 0.3) is 10.1 Å². The van der Waals surface area contributed by atoms with Crippen LogP contribution in [0, 0.1) is 5.92 Å². The molecule has 0 aromatic heterocycles. The van der Waals surface area contributed by atoms with Crippen molar-refractivity contribution >= 4 is 27.8 Å². The minimum absolute atomic E-state index is 0.178. The summed E-state index contributed by atoms with van der Waals surface area (Å²) in [5.74, 6) is 0.901. The van der Waals surface area contributed by atoms with Gasteiger partial charge in [0, 0.05) is 11.7 Å². The molecule has 5 nitrogen and oxygen atoms in total. The van der Waals surface area contributed by atoms with E-state index in [0.29, 0.717) is 5.75 Å². The highest BCUT2D eigenvalue weighted by atomic mass is 32.2. The molecule has 7 heteroatoms. The molecule has 0 heterocycles. The van der Waals surface area contributed by atoms with Gasteiger partial charge in [-0.05, 0) is 26.0 Å². The zero-order valence-electron chi connectivity index (χ0n) is 12.1. The van der Waals surface area contributed by atoms with E-state index in [4.69, 9.17) is 4.55 Å². The predicted molar refractivity (Wildman–Crippen MR) is 80.0 cm³/mol. The fourth-order valence-corrected chi connectivity index (χ4v) is 3.68. The van der Waals surface area contributed by atoms with Crippen molar-refractivity contribution in [1.29, 1.82) is 0 Å². The maximum atomic E-state index is 11.9. The highest BCUT2D eigenvalue weighted by molar-refractivity contribution is 7.99. The van der Waals surface area contributed by atoms with Crippen LogP contribution in [0.25, 0.3) is 0 Å². The van der Waals surface area contributed by atoms with Crippen molar-refractivity contribution in [2.24, 2.45) is 5.92 Å². The summed E-state index contributed by atoms with van der Waals surface area (Å²) in [6.07, 6.45) is 2.27. The number of nitrogens with one attached hydrogen (secondary N) is 1. The van der Waals surface area contributed by atoms with Crippen LogP contribution >= 0.6 is 11.8 Å². The third-order valence-corrected chi connectivity index (χ3v) is 4.86. The molecule has 0 saturated heterocycles. The van der Waals surface area contributed by atoms with Gasteiger partial charge in [-0.3, -0.25) is 9.35 Å². The van der Waals surface area contributed by atoms with Crippen LogP contribution in [0.15, 0.2) is 0 Å². The van der Waals surface area contributed by atoms with Crippen molar-refractivity contribution in [2.75, 3.05) is 17.3 Å². The molecule has 0 saturated carbocycles. The van der Waals surface area contributed by atoms with Gasteiger partial charge in [-0.2, -0.15) is 20.2 Å². The number of carbonyl (C=O) groups is 1. The number of amides is 1. The smallest absolute Gasteiger partial charge is 0.267 e. The molecule has 0 radical (unpaired) electrons. The lowest BCUT2D eigenvalue weighted by Crippen LogP contribution is -2.50. The van der Waals surface area contributed by atoms with E-state index in [-0.39, 0.29) is 11.8 Å².